The Bertz CT molecular complexity index is 141. The predicted octanol–water partition coefficient (Wildman–Crippen LogP) is 3.83. The van der Waals surface area contributed by atoms with Crippen molar-refractivity contribution >= 4 is 8.07 Å². The zero-order chi connectivity index (χ0) is 8.48. The molecule has 0 N–H and O–H groups in total. The van der Waals surface area contributed by atoms with E-state index in [0.717, 1.165) is 11.1 Å². The van der Waals surface area contributed by atoms with Crippen molar-refractivity contribution in [1.82, 2.24) is 0 Å². The van der Waals surface area contributed by atoms with E-state index < -0.39 is 8.07 Å². The third-order valence-electron chi connectivity index (χ3n) is 3.87. The van der Waals surface area contributed by atoms with E-state index in [1.54, 1.807) is 0 Å². The Morgan fingerprint density at radius 3 is 2.18 bits per heavy atom. The zero-order valence-electron chi connectivity index (χ0n) is 8.06. The van der Waals surface area contributed by atoms with Gasteiger partial charge < -0.3 is 0 Å². The summed E-state index contributed by atoms with van der Waals surface area (Å²) in [4.78, 5) is 0. The van der Waals surface area contributed by atoms with Crippen molar-refractivity contribution in [3.8, 4) is 0 Å². The fourth-order valence-electron chi connectivity index (χ4n) is 2.36. The van der Waals surface area contributed by atoms with Crippen LogP contribution >= 0.6 is 0 Å². The lowest BCUT2D eigenvalue weighted by molar-refractivity contribution is 0.765. The van der Waals surface area contributed by atoms with Crippen molar-refractivity contribution < 1.29 is 0 Å². The molecule has 0 aromatic rings. The highest BCUT2D eigenvalue weighted by Gasteiger charge is 2.42. The van der Waals surface area contributed by atoms with Crippen LogP contribution in [0.2, 0.25) is 23.7 Å². The Morgan fingerprint density at radius 1 is 1.36 bits per heavy atom. The normalized spacial score (nSPS) is 44.3. The smallest absolute Gasteiger partial charge is 0.0598 e. The fraction of sp³-hybridized carbons (Fsp3) is 0.800. The molecule has 0 saturated carbocycles. The maximum Gasteiger partial charge on any atom is 0.0598 e. The van der Waals surface area contributed by atoms with E-state index in [4.69, 9.17) is 0 Å². The molecular formula is C10H20Si. The molecule has 0 aromatic heterocycles. The van der Waals surface area contributed by atoms with Crippen LogP contribution in [0, 0.1) is 0 Å². The Balaban J connectivity index is 2.70. The quantitative estimate of drug-likeness (QED) is 0.434. The van der Waals surface area contributed by atoms with E-state index >= 15 is 0 Å². The van der Waals surface area contributed by atoms with Crippen molar-refractivity contribution in [1.29, 1.82) is 0 Å². The summed E-state index contributed by atoms with van der Waals surface area (Å²) in [5.74, 6) is 0. The first-order valence-electron chi connectivity index (χ1n) is 4.72. The van der Waals surface area contributed by atoms with Crippen molar-refractivity contribution in [3.63, 3.8) is 0 Å². The molecule has 1 fully saturated rings. The van der Waals surface area contributed by atoms with Crippen molar-refractivity contribution in [2.45, 2.75) is 50.4 Å². The van der Waals surface area contributed by atoms with Gasteiger partial charge in [0.15, 0.2) is 0 Å². The van der Waals surface area contributed by atoms with Gasteiger partial charge in [0.2, 0.25) is 0 Å². The second-order valence-corrected chi connectivity index (χ2v) is 9.77. The summed E-state index contributed by atoms with van der Waals surface area (Å²) in [5, 5.41) is 0. The Hall–Kier alpha value is -0.0431. The molecule has 1 aliphatic rings. The lowest BCUT2D eigenvalue weighted by Gasteiger charge is -2.30. The van der Waals surface area contributed by atoms with Gasteiger partial charge in [-0.05, 0) is 17.1 Å². The first kappa shape index (κ1) is 9.05. The van der Waals surface area contributed by atoms with E-state index in [-0.39, 0.29) is 0 Å². The molecule has 0 amide bonds. The molecule has 0 radical (unpaired) electrons. The van der Waals surface area contributed by atoms with E-state index in [1.165, 1.54) is 18.9 Å². The van der Waals surface area contributed by atoms with Crippen molar-refractivity contribution in [3.05, 3.63) is 12.7 Å². The highest BCUT2D eigenvalue weighted by Crippen LogP contribution is 2.48. The van der Waals surface area contributed by atoms with Crippen LogP contribution in [-0.2, 0) is 0 Å². The standard InChI is InChI=1S/C10H20Si/c1-5-8-11(4)9(2)6-7-10(11)3/h5,9-10H,1,6-8H2,2-4H3/t9-,10+,11?. The summed E-state index contributed by atoms with van der Waals surface area (Å²) in [6.07, 6.45) is 5.08. The molecule has 3 atom stereocenters. The molecule has 0 nitrogen and oxygen atoms in total. The Labute approximate surface area is 71.7 Å². The van der Waals surface area contributed by atoms with Crippen LogP contribution in [0.5, 0.6) is 0 Å². The average Bonchev–Trinajstić information content (AvgIpc) is 2.19. The van der Waals surface area contributed by atoms with Crippen molar-refractivity contribution in [2.24, 2.45) is 0 Å². The molecule has 11 heavy (non-hydrogen) atoms. The topological polar surface area (TPSA) is 0 Å². The molecule has 0 aliphatic carbocycles. The number of rotatable bonds is 2. The molecule has 64 valence electrons. The van der Waals surface area contributed by atoms with Crippen LogP contribution in [0.4, 0.5) is 0 Å². The number of allylic oxidation sites excluding steroid dienone is 1. The van der Waals surface area contributed by atoms with Gasteiger partial charge in [0.05, 0.1) is 8.07 Å². The van der Waals surface area contributed by atoms with Crippen LogP contribution in [0.15, 0.2) is 12.7 Å². The predicted molar refractivity (Wildman–Crippen MR) is 54.7 cm³/mol. The molecule has 1 saturated heterocycles. The lowest BCUT2D eigenvalue weighted by atomic mass is 10.2. The molecule has 0 bridgehead atoms. The zero-order valence-corrected chi connectivity index (χ0v) is 9.06. The van der Waals surface area contributed by atoms with Gasteiger partial charge in [0.1, 0.15) is 0 Å². The molecular weight excluding hydrogens is 148 g/mol. The third kappa shape index (κ3) is 1.44. The van der Waals surface area contributed by atoms with Gasteiger partial charge in [-0.3, -0.25) is 0 Å². The van der Waals surface area contributed by atoms with Crippen LogP contribution in [-0.4, -0.2) is 8.07 Å². The van der Waals surface area contributed by atoms with E-state index in [1.807, 2.05) is 0 Å². The molecule has 1 aliphatic heterocycles. The molecule has 1 unspecified atom stereocenters. The summed E-state index contributed by atoms with van der Waals surface area (Å²) in [5.41, 5.74) is 2.05. The Morgan fingerprint density at radius 2 is 1.82 bits per heavy atom. The molecule has 1 rings (SSSR count). The average molecular weight is 168 g/mol. The van der Waals surface area contributed by atoms with Crippen molar-refractivity contribution in [2.75, 3.05) is 0 Å². The minimum absolute atomic E-state index is 0.911. The van der Waals surface area contributed by atoms with Gasteiger partial charge in [0.25, 0.3) is 0 Å². The van der Waals surface area contributed by atoms with Gasteiger partial charge in [0, 0.05) is 0 Å². The van der Waals surface area contributed by atoms with Gasteiger partial charge in [-0.15, -0.1) is 6.58 Å². The second-order valence-electron chi connectivity index (χ2n) is 4.38. The maximum absolute atomic E-state index is 3.87. The monoisotopic (exact) mass is 168 g/mol. The molecule has 0 spiro atoms. The fourth-order valence-corrected chi connectivity index (χ4v) is 6.41. The van der Waals surface area contributed by atoms with Crippen LogP contribution in [0.1, 0.15) is 26.7 Å². The largest absolute Gasteiger partial charge is 0.103 e. The summed E-state index contributed by atoms with van der Waals surface area (Å²) < 4.78 is 0. The first-order chi connectivity index (χ1) is 5.11. The van der Waals surface area contributed by atoms with E-state index in [0.29, 0.717) is 0 Å². The summed E-state index contributed by atoms with van der Waals surface area (Å²) in [6, 6.07) is 1.33. The third-order valence-corrected chi connectivity index (χ3v) is 10.1. The number of hydrogen-bond donors (Lipinski definition) is 0. The van der Waals surface area contributed by atoms with Gasteiger partial charge in [-0.25, -0.2) is 0 Å². The minimum atomic E-state index is -0.911. The first-order valence-corrected chi connectivity index (χ1v) is 7.58. The SMILES string of the molecule is C=CC[Si]1(C)[C@H](C)CC[C@@H]1C. The van der Waals surface area contributed by atoms with Crippen LogP contribution in [0.3, 0.4) is 0 Å². The second kappa shape index (κ2) is 3.14. The van der Waals surface area contributed by atoms with Crippen LogP contribution < -0.4 is 0 Å². The molecule has 1 heteroatoms. The summed E-state index contributed by atoms with van der Waals surface area (Å²) in [7, 11) is -0.911. The Kier molecular flexibility index (Phi) is 2.58. The highest BCUT2D eigenvalue weighted by molar-refractivity contribution is 6.82. The minimum Gasteiger partial charge on any atom is -0.103 e. The van der Waals surface area contributed by atoms with Gasteiger partial charge in [-0.2, -0.15) is 0 Å². The molecule has 0 aromatic carbocycles. The van der Waals surface area contributed by atoms with E-state index in [9.17, 15) is 0 Å². The van der Waals surface area contributed by atoms with Gasteiger partial charge in [-0.1, -0.05) is 39.3 Å². The van der Waals surface area contributed by atoms with Gasteiger partial charge >= 0.3 is 0 Å². The van der Waals surface area contributed by atoms with E-state index in [2.05, 4.69) is 33.0 Å². The molecule has 1 heterocycles. The number of hydrogen-bond acceptors (Lipinski definition) is 0. The highest BCUT2D eigenvalue weighted by atomic mass is 28.3. The maximum atomic E-state index is 3.87. The summed E-state index contributed by atoms with van der Waals surface area (Å²) in [6.45, 7) is 11.3. The van der Waals surface area contributed by atoms with Crippen LogP contribution in [0.25, 0.3) is 0 Å². The lowest BCUT2D eigenvalue weighted by Crippen LogP contribution is -2.33. The summed E-state index contributed by atoms with van der Waals surface area (Å²) >= 11 is 0.